The molecule has 0 aromatic heterocycles. The summed E-state index contributed by atoms with van der Waals surface area (Å²) >= 11 is 0. The maximum Gasteiger partial charge on any atom is 0.500 e. The summed E-state index contributed by atoms with van der Waals surface area (Å²) in [5.74, 6) is 0.461. The summed E-state index contributed by atoms with van der Waals surface area (Å²) in [5.41, 5.74) is 6.06. The van der Waals surface area contributed by atoms with E-state index in [0.29, 0.717) is 52.1 Å². The zero-order valence-electron chi connectivity index (χ0n) is 19.8. The average molecular weight is 454 g/mol. The molecule has 0 saturated carbocycles. The molecule has 0 bridgehead atoms. The van der Waals surface area contributed by atoms with Gasteiger partial charge < -0.3 is 32.3 Å². The molecule has 7 nitrogen and oxygen atoms in total. The summed E-state index contributed by atoms with van der Waals surface area (Å²) in [5, 5.41) is 0. The van der Waals surface area contributed by atoms with Crippen LogP contribution in [-0.4, -0.2) is 63.8 Å². The molecule has 9 heteroatoms. The van der Waals surface area contributed by atoms with Crippen LogP contribution < -0.4 is 5.73 Å². The van der Waals surface area contributed by atoms with Crippen molar-refractivity contribution in [1.29, 1.82) is 0 Å². The lowest BCUT2D eigenvalue weighted by atomic mass is 9.99. The van der Waals surface area contributed by atoms with Crippen LogP contribution in [0.15, 0.2) is 0 Å². The van der Waals surface area contributed by atoms with E-state index in [4.69, 9.17) is 32.3 Å². The minimum atomic E-state index is -2.56. The highest BCUT2D eigenvalue weighted by Gasteiger charge is 2.41. The molecule has 2 N–H and O–H groups in total. The maximum atomic E-state index is 6.06. The van der Waals surface area contributed by atoms with Gasteiger partial charge in [-0.05, 0) is 79.7 Å². The van der Waals surface area contributed by atoms with Crippen molar-refractivity contribution in [2.45, 2.75) is 79.3 Å². The molecule has 0 aliphatic carbocycles. The Morgan fingerprint density at radius 2 is 0.828 bits per heavy atom. The quantitative estimate of drug-likeness (QED) is 0.261. The summed E-state index contributed by atoms with van der Waals surface area (Å²) in [6, 6.07) is 1.68. The van der Waals surface area contributed by atoms with E-state index in [1.165, 1.54) is 0 Å². The van der Waals surface area contributed by atoms with Gasteiger partial charge in [0.2, 0.25) is 0 Å². The van der Waals surface area contributed by atoms with Gasteiger partial charge in [0.1, 0.15) is 0 Å². The molecule has 0 heterocycles. The summed E-state index contributed by atoms with van der Waals surface area (Å²) in [6.45, 7) is 16.3. The monoisotopic (exact) mass is 453 g/mol. The van der Waals surface area contributed by atoms with Gasteiger partial charge >= 0.3 is 17.6 Å². The Morgan fingerprint density at radius 3 is 1.03 bits per heavy atom. The van der Waals surface area contributed by atoms with Crippen molar-refractivity contribution in [1.82, 2.24) is 0 Å². The highest BCUT2D eigenvalue weighted by molar-refractivity contribution is 6.61. The van der Waals surface area contributed by atoms with Gasteiger partial charge in [-0.25, -0.2) is 0 Å². The van der Waals surface area contributed by atoms with Gasteiger partial charge in [0, 0.05) is 51.7 Å². The lowest BCUT2D eigenvalue weighted by Gasteiger charge is -2.29. The molecule has 29 heavy (non-hydrogen) atoms. The first kappa shape index (κ1) is 29.2. The summed E-state index contributed by atoms with van der Waals surface area (Å²) in [7, 11) is -5.12. The normalized spacial score (nSPS) is 12.8. The number of rotatable bonds is 21. The molecule has 176 valence electrons. The fourth-order valence-corrected chi connectivity index (χ4v) is 8.88. The van der Waals surface area contributed by atoms with E-state index >= 15 is 0 Å². The van der Waals surface area contributed by atoms with Crippen LogP contribution in [0.1, 0.15) is 67.2 Å². The van der Waals surface area contributed by atoms with E-state index in [1.807, 2.05) is 41.5 Å². The third kappa shape index (κ3) is 11.9. The SMILES string of the molecule is CCO[Si](CCCC(CN)CCC[Si](OCC)(OCC)OCC)(OCC)OCC. The molecule has 0 aromatic carbocycles. The van der Waals surface area contributed by atoms with Gasteiger partial charge in [0.25, 0.3) is 0 Å². The van der Waals surface area contributed by atoms with Crippen molar-refractivity contribution in [3.8, 4) is 0 Å². The second-order valence-electron chi connectivity index (χ2n) is 6.85. The Balaban J connectivity index is 4.63. The van der Waals surface area contributed by atoms with Crippen LogP contribution in [0.25, 0.3) is 0 Å². The zero-order chi connectivity index (χ0) is 22.0. The largest absolute Gasteiger partial charge is 0.500 e. The second kappa shape index (κ2) is 17.8. The van der Waals surface area contributed by atoms with Crippen LogP contribution in [0, 0.1) is 5.92 Å². The molecule has 0 rings (SSSR count). The van der Waals surface area contributed by atoms with E-state index in [-0.39, 0.29) is 0 Å². The van der Waals surface area contributed by atoms with Crippen LogP contribution in [0.3, 0.4) is 0 Å². The van der Waals surface area contributed by atoms with Gasteiger partial charge in [0.05, 0.1) is 0 Å². The topological polar surface area (TPSA) is 81.4 Å². The Bertz CT molecular complexity index is 313. The fourth-order valence-electron chi connectivity index (χ4n) is 3.60. The molecule has 0 fully saturated rings. The molecule has 0 aromatic rings. The molecule has 0 unspecified atom stereocenters. The molecule has 0 amide bonds. The smallest absolute Gasteiger partial charge is 0.374 e. The van der Waals surface area contributed by atoms with Crippen LogP contribution in [0.4, 0.5) is 0 Å². The highest BCUT2D eigenvalue weighted by atomic mass is 28.4. The molecular weight excluding hydrogens is 406 g/mol. The van der Waals surface area contributed by atoms with Gasteiger partial charge in [-0.2, -0.15) is 0 Å². The minimum Gasteiger partial charge on any atom is -0.374 e. The standard InChI is InChI=1S/C20H47NO6Si2/c1-7-22-28(23-8-2,24-9-3)17-13-15-20(19-21)16-14-18-29(25-10-4,26-11-5)27-12-6/h20H,7-19,21H2,1-6H3. The number of hydrogen-bond acceptors (Lipinski definition) is 7. The van der Waals surface area contributed by atoms with E-state index in [2.05, 4.69) is 0 Å². The van der Waals surface area contributed by atoms with Crippen LogP contribution >= 0.6 is 0 Å². The van der Waals surface area contributed by atoms with Crippen LogP contribution in [0.2, 0.25) is 12.1 Å². The third-order valence-corrected chi connectivity index (χ3v) is 11.0. The van der Waals surface area contributed by atoms with Gasteiger partial charge in [0.15, 0.2) is 0 Å². The van der Waals surface area contributed by atoms with Gasteiger partial charge in [-0.3, -0.25) is 0 Å². The Labute approximate surface area is 181 Å². The van der Waals surface area contributed by atoms with Gasteiger partial charge in [-0.15, -0.1) is 0 Å². The number of hydrogen-bond donors (Lipinski definition) is 1. The lowest BCUT2D eigenvalue weighted by Crippen LogP contribution is -2.46. The Morgan fingerprint density at radius 1 is 0.552 bits per heavy atom. The first-order valence-corrected chi connectivity index (χ1v) is 15.4. The average Bonchev–Trinajstić information content (AvgIpc) is 2.68. The summed E-state index contributed by atoms with van der Waals surface area (Å²) < 4.78 is 35.7. The van der Waals surface area contributed by atoms with Crippen molar-refractivity contribution in [3.05, 3.63) is 0 Å². The van der Waals surface area contributed by atoms with Crippen molar-refractivity contribution in [2.24, 2.45) is 11.7 Å². The maximum absolute atomic E-state index is 6.06. The first-order chi connectivity index (χ1) is 14.0. The molecule has 0 radical (unpaired) electrons. The predicted octanol–water partition coefficient (Wildman–Crippen LogP) is 4.22. The molecular formula is C20H47NO6Si2. The summed E-state index contributed by atoms with van der Waals surface area (Å²) in [4.78, 5) is 0. The molecule has 0 aliphatic rings. The van der Waals surface area contributed by atoms with E-state index in [1.54, 1.807) is 0 Å². The molecule has 0 spiro atoms. The zero-order valence-corrected chi connectivity index (χ0v) is 21.8. The van der Waals surface area contributed by atoms with Gasteiger partial charge in [-0.1, -0.05) is 0 Å². The van der Waals surface area contributed by atoms with E-state index < -0.39 is 17.6 Å². The first-order valence-electron chi connectivity index (χ1n) is 11.5. The molecule has 0 aliphatic heterocycles. The minimum absolute atomic E-state index is 0.461. The van der Waals surface area contributed by atoms with Crippen LogP contribution in [0.5, 0.6) is 0 Å². The van der Waals surface area contributed by atoms with Crippen molar-refractivity contribution in [2.75, 3.05) is 46.2 Å². The predicted molar refractivity (Wildman–Crippen MR) is 122 cm³/mol. The summed E-state index contributed by atoms with van der Waals surface area (Å²) in [6.07, 6.45) is 4.09. The molecule has 0 atom stereocenters. The Hall–Kier alpha value is 0.154. The molecule has 0 saturated heterocycles. The van der Waals surface area contributed by atoms with E-state index in [9.17, 15) is 0 Å². The second-order valence-corrected chi connectivity index (χ2v) is 12.3. The lowest BCUT2D eigenvalue weighted by molar-refractivity contribution is 0.0703. The third-order valence-electron chi connectivity index (χ3n) is 4.71. The fraction of sp³-hybridized carbons (Fsp3) is 1.00. The van der Waals surface area contributed by atoms with Crippen molar-refractivity contribution >= 4 is 17.6 Å². The Kier molecular flexibility index (Phi) is 17.9. The highest BCUT2D eigenvalue weighted by Crippen LogP contribution is 2.25. The van der Waals surface area contributed by atoms with Crippen LogP contribution in [-0.2, 0) is 26.6 Å². The van der Waals surface area contributed by atoms with E-state index in [0.717, 1.165) is 37.8 Å². The van der Waals surface area contributed by atoms with Crippen molar-refractivity contribution in [3.63, 3.8) is 0 Å². The number of nitrogens with two attached hydrogens (primary N) is 1. The van der Waals surface area contributed by atoms with Crippen molar-refractivity contribution < 1.29 is 26.6 Å².